The van der Waals surface area contributed by atoms with Gasteiger partial charge in [-0.2, -0.15) is 5.26 Å². The molecule has 0 saturated heterocycles. The molecule has 3 heterocycles. The fourth-order valence-electron chi connectivity index (χ4n) is 7.56. The summed E-state index contributed by atoms with van der Waals surface area (Å²) in [6, 6.07) is 22.5. The van der Waals surface area contributed by atoms with Crippen LogP contribution < -0.4 is 23.8 Å². The molecule has 12 heteroatoms. The van der Waals surface area contributed by atoms with Gasteiger partial charge in [-0.3, -0.25) is 4.90 Å². The Bertz CT molecular complexity index is 2410. The van der Waals surface area contributed by atoms with Gasteiger partial charge in [0.25, 0.3) is 0 Å². The van der Waals surface area contributed by atoms with Gasteiger partial charge in [-0.1, -0.05) is 116 Å². The summed E-state index contributed by atoms with van der Waals surface area (Å²) in [5.41, 5.74) is 1.61. The highest BCUT2D eigenvalue weighted by atomic mass is 32.1. The van der Waals surface area contributed by atoms with Crippen molar-refractivity contribution in [3.63, 3.8) is 0 Å². The van der Waals surface area contributed by atoms with Crippen LogP contribution in [0.25, 0.3) is 36.0 Å². The van der Waals surface area contributed by atoms with Crippen molar-refractivity contribution in [2.45, 2.75) is 130 Å². The van der Waals surface area contributed by atoms with E-state index in [1.807, 2.05) is 42.6 Å². The zero-order valence-electron chi connectivity index (χ0n) is 38.6. The minimum atomic E-state index is -1.25. The van der Waals surface area contributed by atoms with E-state index in [0.29, 0.717) is 37.1 Å². The van der Waals surface area contributed by atoms with Crippen molar-refractivity contribution in [3.8, 4) is 38.8 Å². The van der Waals surface area contributed by atoms with Crippen LogP contribution >= 0.6 is 34.0 Å². The zero-order chi connectivity index (χ0) is 45.8. The lowest BCUT2D eigenvalue weighted by Crippen LogP contribution is -2.09. The van der Waals surface area contributed by atoms with Crippen molar-refractivity contribution in [2.24, 2.45) is 0 Å². The summed E-state index contributed by atoms with van der Waals surface area (Å²) in [5, 5.41) is 22.1. The van der Waals surface area contributed by atoms with Crippen molar-refractivity contribution in [1.29, 1.82) is 5.26 Å². The van der Waals surface area contributed by atoms with Crippen molar-refractivity contribution >= 4 is 82.7 Å². The number of carboxylic acid groups (broad SMARTS) is 1. The van der Waals surface area contributed by atoms with Crippen molar-refractivity contribution in [1.82, 2.24) is 4.98 Å². The van der Waals surface area contributed by atoms with E-state index in [0.717, 1.165) is 128 Å². The third kappa shape index (κ3) is 13.7. The number of nitriles is 1. The SMILES string of the molecule is CCCCCCOc1ccc(N(c2ccc(OCCCCCC)cc2)c2ncc(-c3cc4c(s3)c(OCCCCCC)c(OCCCCCC)c3sc(/C=C(/C#N)C(=O)O)cc34)s2)cc1. The van der Waals surface area contributed by atoms with E-state index in [9.17, 15) is 15.2 Å². The van der Waals surface area contributed by atoms with Crippen LogP contribution in [0.15, 0.2) is 72.4 Å². The molecule has 1 N–H and O–H groups in total. The summed E-state index contributed by atoms with van der Waals surface area (Å²) in [5.74, 6) is 1.85. The Morgan fingerprint density at radius 1 is 0.615 bits per heavy atom. The average molecular weight is 936 g/mol. The number of thiophene rings is 2. The average Bonchev–Trinajstić information content (AvgIpc) is 4.09. The van der Waals surface area contributed by atoms with Gasteiger partial charge in [0, 0.05) is 38.1 Å². The molecule has 0 spiro atoms. The summed E-state index contributed by atoms with van der Waals surface area (Å²) in [6.45, 7) is 11.3. The number of hydrogen-bond acceptors (Lipinski definition) is 11. The molecular formula is C53H65N3O6S3. The number of aromatic nitrogens is 1. The van der Waals surface area contributed by atoms with Crippen LogP contribution in [0.1, 0.15) is 135 Å². The van der Waals surface area contributed by atoms with Crippen molar-refractivity contribution in [2.75, 3.05) is 31.3 Å². The fourth-order valence-corrected chi connectivity index (χ4v) is 10.9. The van der Waals surface area contributed by atoms with Gasteiger partial charge >= 0.3 is 5.97 Å². The molecule has 0 fully saturated rings. The largest absolute Gasteiger partial charge is 0.494 e. The number of rotatable bonds is 30. The Labute approximate surface area is 397 Å². The van der Waals surface area contributed by atoms with Crippen LogP contribution in [0.4, 0.5) is 16.5 Å². The first-order valence-corrected chi connectivity index (χ1v) is 26.2. The monoisotopic (exact) mass is 935 g/mol. The molecule has 0 aliphatic heterocycles. The molecule has 0 atom stereocenters. The molecule has 3 aromatic heterocycles. The normalized spacial score (nSPS) is 11.6. The molecule has 346 valence electrons. The maximum atomic E-state index is 11.9. The maximum absolute atomic E-state index is 11.9. The first-order valence-electron chi connectivity index (χ1n) is 23.7. The molecule has 65 heavy (non-hydrogen) atoms. The van der Waals surface area contributed by atoms with Crippen molar-refractivity contribution < 1.29 is 28.8 Å². The van der Waals surface area contributed by atoms with Gasteiger partial charge in [-0.25, -0.2) is 9.78 Å². The second-order valence-corrected chi connectivity index (χ2v) is 19.5. The highest BCUT2D eigenvalue weighted by Crippen LogP contribution is 2.53. The summed E-state index contributed by atoms with van der Waals surface area (Å²) in [4.78, 5) is 21.9. The lowest BCUT2D eigenvalue weighted by Gasteiger charge is -2.23. The van der Waals surface area contributed by atoms with E-state index in [1.165, 1.54) is 55.9 Å². The molecule has 0 saturated carbocycles. The molecule has 0 unspecified atom stereocenters. The zero-order valence-corrected chi connectivity index (χ0v) is 41.1. The predicted octanol–water partition coefficient (Wildman–Crippen LogP) is 16.5. The van der Waals surface area contributed by atoms with E-state index >= 15 is 0 Å². The third-order valence-corrected chi connectivity index (χ3v) is 14.6. The number of thiazole rings is 1. The summed E-state index contributed by atoms with van der Waals surface area (Å²) in [6.07, 6.45) is 21.2. The molecule has 0 aliphatic rings. The van der Waals surface area contributed by atoms with Crippen molar-refractivity contribution in [3.05, 3.63) is 77.3 Å². The van der Waals surface area contributed by atoms with Crippen LogP contribution in [-0.2, 0) is 4.79 Å². The van der Waals surface area contributed by atoms with Crippen LogP contribution in [0, 0.1) is 11.3 Å². The lowest BCUT2D eigenvalue weighted by molar-refractivity contribution is -0.132. The quantitative estimate of drug-likeness (QED) is 0.0268. The minimum absolute atomic E-state index is 0.316. The highest BCUT2D eigenvalue weighted by Gasteiger charge is 2.25. The number of carbonyl (C=O) groups is 1. The highest BCUT2D eigenvalue weighted by molar-refractivity contribution is 7.27. The Balaban J connectivity index is 1.40. The van der Waals surface area contributed by atoms with E-state index in [4.69, 9.17) is 23.9 Å². The third-order valence-electron chi connectivity index (χ3n) is 11.2. The summed E-state index contributed by atoms with van der Waals surface area (Å²) >= 11 is 4.70. The number of aliphatic carboxylic acids is 1. The topological polar surface area (TPSA) is 114 Å². The van der Waals surface area contributed by atoms with E-state index in [2.05, 4.69) is 62.9 Å². The molecule has 6 rings (SSSR count). The molecule has 3 aromatic carbocycles. The molecule has 0 radical (unpaired) electrons. The Morgan fingerprint density at radius 3 is 1.54 bits per heavy atom. The molecule has 0 bridgehead atoms. The second kappa shape index (κ2) is 26.2. The van der Waals surface area contributed by atoms with Gasteiger partial charge in [-0.15, -0.1) is 22.7 Å². The minimum Gasteiger partial charge on any atom is -0.494 e. The van der Waals surface area contributed by atoms with Gasteiger partial charge in [0.15, 0.2) is 16.6 Å². The van der Waals surface area contributed by atoms with E-state index < -0.39 is 5.97 Å². The second-order valence-electron chi connectivity index (χ2n) is 16.3. The van der Waals surface area contributed by atoms with Gasteiger partial charge in [0.05, 0.1) is 40.7 Å². The first kappa shape index (κ1) is 49.3. The number of unbranched alkanes of at least 4 members (excludes halogenated alkanes) is 12. The molecule has 9 nitrogen and oxygen atoms in total. The van der Waals surface area contributed by atoms with Crippen LogP contribution in [0.2, 0.25) is 0 Å². The first-order chi connectivity index (χ1) is 31.9. The number of anilines is 3. The Morgan fingerprint density at radius 2 is 1.08 bits per heavy atom. The number of hydrogen-bond donors (Lipinski definition) is 1. The Hall–Kier alpha value is -5.09. The van der Waals surface area contributed by atoms with Crippen LogP contribution in [-0.4, -0.2) is 42.5 Å². The number of ether oxygens (including phenoxy) is 4. The molecule has 6 aromatic rings. The summed E-state index contributed by atoms with van der Waals surface area (Å²) in [7, 11) is 0. The predicted molar refractivity (Wildman–Crippen MR) is 273 cm³/mol. The number of benzene rings is 3. The standard InChI is InChI=1S/C53H65N3O6S3/c1-5-9-13-17-29-59-41-25-21-39(22-26-41)56(40-23-27-42(28-24-40)60-30-18-14-10-6-2)53-55-37-47(65-53)46-35-45-44-34-43(33-38(36-54)52(57)58)63-50(44)48(61-31-19-15-11-7-3)49(51(45)64-46)62-32-20-16-12-8-4/h21-28,33-35,37H,5-20,29-32H2,1-4H3,(H,57,58)/b38-33-. The van der Waals surface area contributed by atoms with Crippen LogP contribution in [0.3, 0.4) is 0 Å². The van der Waals surface area contributed by atoms with E-state index in [1.54, 1.807) is 22.7 Å². The maximum Gasteiger partial charge on any atom is 0.346 e. The van der Waals surface area contributed by atoms with Gasteiger partial charge < -0.3 is 24.1 Å². The van der Waals surface area contributed by atoms with Gasteiger partial charge in [0.2, 0.25) is 0 Å². The fraction of sp³-hybridized carbons (Fsp3) is 0.453. The lowest BCUT2D eigenvalue weighted by atomic mass is 10.1. The Kier molecular flexibility index (Phi) is 19.9. The van der Waals surface area contributed by atoms with Gasteiger partial charge in [-0.05, 0) is 92.4 Å². The molecule has 0 amide bonds. The number of fused-ring (bicyclic) bond motifs is 3. The van der Waals surface area contributed by atoms with Gasteiger partial charge in [0.1, 0.15) is 23.1 Å². The number of carboxylic acids is 1. The molecule has 0 aliphatic carbocycles. The smallest absolute Gasteiger partial charge is 0.346 e. The summed E-state index contributed by atoms with van der Waals surface area (Å²) < 4.78 is 27.5. The number of nitrogens with zero attached hydrogens (tertiary/aromatic N) is 3. The van der Waals surface area contributed by atoms with E-state index in [-0.39, 0.29) is 5.57 Å². The van der Waals surface area contributed by atoms with Crippen LogP contribution in [0.5, 0.6) is 23.0 Å². The molecular weight excluding hydrogens is 871 g/mol.